The van der Waals surface area contributed by atoms with Crippen LogP contribution in [0, 0.1) is 11.7 Å². The number of aliphatic hydroxyl groups is 1. The Kier molecular flexibility index (Phi) is 9.12. The molecular formula is C30H32BrFN3O5. The molecule has 8 nitrogen and oxygen atoms in total. The zero-order valence-electron chi connectivity index (χ0n) is 23.3. The van der Waals surface area contributed by atoms with E-state index in [1.807, 2.05) is 43.3 Å². The number of benzene rings is 2. The first-order valence-corrected chi connectivity index (χ1v) is 13.3. The van der Waals surface area contributed by atoms with E-state index in [4.69, 9.17) is 23.9 Å². The van der Waals surface area contributed by atoms with E-state index < -0.39 is 11.4 Å². The lowest BCUT2D eigenvalue weighted by atomic mass is 9.71. The number of hydrogen-bond donors (Lipinski definition) is 1. The topological polar surface area (TPSA) is 86.2 Å². The summed E-state index contributed by atoms with van der Waals surface area (Å²) >= 11 is 3.52. The first-order valence-electron chi connectivity index (χ1n) is 12.5. The fourth-order valence-corrected chi connectivity index (χ4v) is 5.02. The molecule has 4 rings (SSSR count). The predicted octanol–water partition coefficient (Wildman–Crippen LogP) is 5.38. The van der Waals surface area contributed by atoms with E-state index >= 15 is 4.39 Å². The lowest BCUT2D eigenvalue weighted by Gasteiger charge is -2.38. The highest BCUT2D eigenvalue weighted by atomic mass is 79.9. The predicted molar refractivity (Wildman–Crippen MR) is 155 cm³/mol. The molecule has 1 radical (unpaired) electrons. The van der Waals surface area contributed by atoms with E-state index in [1.54, 1.807) is 24.3 Å². The van der Waals surface area contributed by atoms with Crippen molar-refractivity contribution in [1.82, 2.24) is 14.9 Å². The maximum absolute atomic E-state index is 16.2. The number of pyridine rings is 2. The second-order valence-corrected chi connectivity index (χ2v) is 10.3. The van der Waals surface area contributed by atoms with E-state index in [2.05, 4.69) is 20.9 Å². The molecule has 40 heavy (non-hydrogen) atoms. The molecule has 2 heterocycles. The van der Waals surface area contributed by atoms with E-state index in [1.165, 1.54) is 34.5 Å². The Morgan fingerprint density at radius 2 is 1.60 bits per heavy atom. The van der Waals surface area contributed by atoms with Gasteiger partial charge in [-0.2, -0.15) is 4.98 Å². The highest BCUT2D eigenvalue weighted by molar-refractivity contribution is 9.10. The second-order valence-electron chi connectivity index (χ2n) is 9.43. The molecule has 0 aliphatic rings. The summed E-state index contributed by atoms with van der Waals surface area (Å²) in [6.45, 7) is 0.452. The minimum Gasteiger partial charge on any atom is -0.494 e. The summed E-state index contributed by atoms with van der Waals surface area (Å²) in [7, 11) is 9.64. The Balaban J connectivity index is 2.12. The van der Waals surface area contributed by atoms with Gasteiger partial charge < -0.3 is 29.0 Å². The molecule has 10 heteroatoms. The van der Waals surface area contributed by atoms with Crippen molar-refractivity contribution in [3.63, 3.8) is 0 Å². The molecule has 0 saturated carbocycles. The maximum atomic E-state index is 16.2. The molecule has 0 amide bonds. The lowest BCUT2D eigenvalue weighted by Crippen LogP contribution is -2.39. The highest BCUT2D eigenvalue weighted by Gasteiger charge is 2.45. The SMILES string of the molecule is COc1cc([C@](O)(CCN(C)C)[C](c2cc3cc(Br)ccc3nc2OC)c2cccc(OC)c2F)cc(OC)n1. The van der Waals surface area contributed by atoms with Gasteiger partial charge in [-0.25, -0.2) is 9.37 Å². The molecule has 1 atom stereocenters. The standard InChI is InChI=1S/C30H32BrFN3O5/c1-35(2)13-12-30(36,19-16-25(38-4)34-26(17-19)39-5)27(21-8-7-9-24(37-3)28(21)32)22-15-18-14-20(31)10-11-23(18)33-29(22)40-6/h7-11,14-17,36H,12-13H2,1-6H3/t30-/m1/s1. The van der Waals surface area contributed by atoms with Crippen molar-refractivity contribution in [2.45, 2.75) is 12.0 Å². The van der Waals surface area contributed by atoms with Crippen LogP contribution in [0.1, 0.15) is 23.1 Å². The first kappa shape index (κ1) is 29.5. The fraction of sp³-hybridized carbons (Fsp3) is 0.300. The third kappa shape index (κ3) is 5.84. The minimum atomic E-state index is -1.80. The Morgan fingerprint density at radius 1 is 0.900 bits per heavy atom. The maximum Gasteiger partial charge on any atom is 0.217 e. The summed E-state index contributed by atoms with van der Waals surface area (Å²) in [6, 6.07) is 15.5. The number of fused-ring (bicyclic) bond motifs is 1. The Hall–Kier alpha value is -3.47. The van der Waals surface area contributed by atoms with Crippen molar-refractivity contribution in [3.05, 3.63) is 87.5 Å². The van der Waals surface area contributed by atoms with Crippen LogP contribution in [-0.2, 0) is 5.60 Å². The van der Waals surface area contributed by atoms with Gasteiger partial charge in [-0.05, 0) is 56.4 Å². The van der Waals surface area contributed by atoms with Crippen molar-refractivity contribution in [2.24, 2.45) is 0 Å². The summed E-state index contributed by atoms with van der Waals surface area (Å²) in [5.74, 6) is 0.333. The van der Waals surface area contributed by atoms with Crippen LogP contribution in [0.3, 0.4) is 0 Å². The van der Waals surface area contributed by atoms with Gasteiger partial charge in [0.15, 0.2) is 11.6 Å². The molecular weight excluding hydrogens is 581 g/mol. The van der Waals surface area contributed by atoms with E-state index in [9.17, 15) is 5.11 Å². The van der Waals surface area contributed by atoms with Crippen molar-refractivity contribution < 1.29 is 28.4 Å². The monoisotopic (exact) mass is 612 g/mol. The number of hydrogen-bond acceptors (Lipinski definition) is 8. The molecule has 2 aromatic heterocycles. The molecule has 0 bridgehead atoms. The Morgan fingerprint density at radius 3 is 2.20 bits per heavy atom. The summed E-state index contributed by atoms with van der Waals surface area (Å²) in [6.07, 6.45) is 0.169. The fourth-order valence-electron chi connectivity index (χ4n) is 4.64. The van der Waals surface area contributed by atoms with Crippen molar-refractivity contribution in [3.8, 4) is 23.4 Å². The summed E-state index contributed by atoms with van der Waals surface area (Å²) < 4.78 is 38.9. The number of aromatic nitrogens is 2. The molecule has 211 valence electrons. The molecule has 0 fully saturated rings. The Bertz CT molecular complexity index is 1480. The Labute approximate surface area is 241 Å². The largest absolute Gasteiger partial charge is 0.494 e. The third-order valence-corrected chi connectivity index (χ3v) is 7.16. The van der Waals surface area contributed by atoms with Crippen molar-refractivity contribution in [1.29, 1.82) is 0 Å². The van der Waals surface area contributed by atoms with Gasteiger partial charge in [0.2, 0.25) is 17.6 Å². The summed E-state index contributed by atoms with van der Waals surface area (Å²) in [5.41, 5.74) is -0.179. The van der Waals surface area contributed by atoms with Crippen LogP contribution in [-0.4, -0.2) is 69.1 Å². The van der Waals surface area contributed by atoms with Crippen LogP contribution in [0.5, 0.6) is 23.4 Å². The van der Waals surface area contributed by atoms with Gasteiger partial charge in [-0.1, -0.05) is 28.1 Å². The molecule has 2 aromatic carbocycles. The van der Waals surface area contributed by atoms with E-state index in [0.29, 0.717) is 23.2 Å². The number of halogens is 2. The molecule has 0 aliphatic carbocycles. The highest BCUT2D eigenvalue weighted by Crippen LogP contribution is 2.49. The van der Waals surface area contributed by atoms with Crippen LogP contribution >= 0.6 is 15.9 Å². The average Bonchev–Trinajstić information content (AvgIpc) is 2.96. The number of ether oxygens (including phenoxy) is 4. The molecule has 0 aliphatic heterocycles. The smallest absolute Gasteiger partial charge is 0.217 e. The number of nitrogens with zero attached hydrogens (tertiary/aromatic N) is 3. The van der Waals surface area contributed by atoms with Gasteiger partial charge in [0.25, 0.3) is 0 Å². The molecule has 4 aromatic rings. The molecule has 0 saturated heterocycles. The normalized spacial score (nSPS) is 13.0. The average molecular weight is 614 g/mol. The molecule has 0 unspecified atom stereocenters. The molecule has 1 N–H and O–H groups in total. The van der Waals surface area contributed by atoms with Crippen LogP contribution in [0.15, 0.2) is 59.1 Å². The first-order chi connectivity index (χ1) is 19.1. The lowest BCUT2D eigenvalue weighted by molar-refractivity contribution is 0.0426. The van der Waals surface area contributed by atoms with Crippen LogP contribution in [0.4, 0.5) is 4.39 Å². The van der Waals surface area contributed by atoms with Gasteiger partial charge in [0.05, 0.1) is 39.9 Å². The second kappa shape index (κ2) is 12.4. The number of rotatable bonds is 11. The van der Waals surface area contributed by atoms with Crippen LogP contribution in [0.25, 0.3) is 10.9 Å². The zero-order chi connectivity index (χ0) is 29.0. The summed E-state index contributed by atoms with van der Waals surface area (Å²) in [5, 5.41) is 13.6. The van der Waals surface area contributed by atoms with Gasteiger partial charge in [-0.3, -0.25) is 0 Å². The molecule has 0 spiro atoms. The van der Waals surface area contributed by atoms with E-state index in [0.717, 1.165) is 9.86 Å². The number of methoxy groups -OCH3 is 4. The van der Waals surface area contributed by atoms with Gasteiger partial charge >= 0.3 is 0 Å². The van der Waals surface area contributed by atoms with Gasteiger partial charge in [-0.15, -0.1) is 0 Å². The van der Waals surface area contributed by atoms with E-state index in [-0.39, 0.29) is 41.3 Å². The quantitative estimate of drug-likeness (QED) is 0.242. The summed E-state index contributed by atoms with van der Waals surface area (Å²) in [4.78, 5) is 11.0. The van der Waals surface area contributed by atoms with Crippen LogP contribution < -0.4 is 18.9 Å². The minimum absolute atomic E-state index is 0.0327. The van der Waals surface area contributed by atoms with Crippen LogP contribution in [0.2, 0.25) is 0 Å². The third-order valence-electron chi connectivity index (χ3n) is 6.67. The van der Waals surface area contributed by atoms with Crippen molar-refractivity contribution in [2.75, 3.05) is 49.1 Å². The van der Waals surface area contributed by atoms with Gasteiger partial charge in [0, 0.05) is 39.7 Å². The van der Waals surface area contributed by atoms with Gasteiger partial charge in [0.1, 0.15) is 5.60 Å². The van der Waals surface area contributed by atoms with Crippen molar-refractivity contribution >= 4 is 26.8 Å². The zero-order valence-corrected chi connectivity index (χ0v) is 24.9.